The first kappa shape index (κ1) is 16.9. The zero-order valence-corrected chi connectivity index (χ0v) is 12.7. The van der Waals surface area contributed by atoms with Crippen molar-refractivity contribution in [2.45, 2.75) is 39.7 Å². The summed E-state index contributed by atoms with van der Waals surface area (Å²) >= 11 is 0. The van der Waals surface area contributed by atoms with Crippen molar-refractivity contribution < 1.29 is 9.90 Å². The third kappa shape index (κ3) is 7.41. The Labute approximate surface area is 122 Å². The van der Waals surface area contributed by atoms with Crippen LogP contribution in [0.25, 0.3) is 0 Å². The lowest BCUT2D eigenvalue weighted by Crippen LogP contribution is -2.30. The third-order valence-electron chi connectivity index (χ3n) is 3.44. The maximum absolute atomic E-state index is 11.1. The number of rotatable bonds is 10. The molecular weight excluding hydrogens is 250 g/mol. The fourth-order valence-electron chi connectivity index (χ4n) is 2.35. The van der Waals surface area contributed by atoms with Crippen molar-refractivity contribution >= 4 is 5.78 Å². The summed E-state index contributed by atoms with van der Waals surface area (Å²) in [6.07, 6.45) is 2.41. The molecule has 0 aromatic heterocycles. The molecule has 1 atom stereocenters. The summed E-state index contributed by atoms with van der Waals surface area (Å²) in [6.45, 7) is 6.86. The number of carbonyl (C=O) groups is 1. The molecule has 0 aliphatic carbocycles. The molecule has 0 aliphatic heterocycles. The van der Waals surface area contributed by atoms with Crippen molar-refractivity contribution in [2.24, 2.45) is 5.92 Å². The van der Waals surface area contributed by atoms with Crippen LogP contribution in [0, 0.1) is 5.92 Å². The van der Waals surface area contributed by atoms with E-state index in [2.05, 4.69) is 36.1 Å². The second kappa shape index (κ2) is 9.67. The zero-order valence-electron chi connectivity index (χ0n) is 12.7. The number of benzene rings is 1. The highest BCUT2D eigenvalue weighted by Gasteiger charge is 2.11. The summed E-state index contributed by atoms with van der Waals surface area (Å²) in [5.74, 6) is 0.767. The first-order valence-corrected chi connectivity index (χ1v) is 7.48. The molecule has 0 amide bonds. The molecule has 1 unspecified atom stereocenters. The highest BCUT2D eigenvalue weighted by Crippen LogP contribution is 2.12. The number of hydrogen-bond acceptors (Lipinski definition) is 3. The van der Waals surface area contributed by atoms with Gasteiger partial charge < -0.3 is 9.90 Å². The smallest absolute Gasteiger partial charge is 0.129 e. The first-order valence-electron chi connectivity index (χ1n) is 7.48. The molecule has 0 fully saturated rings. The molecule has 0 bridgehead atoms. The van der Waals surface area contributed by atoms with Crippen LogP contribution in [0.3, 0.4) is 0 Å². The van der Waals surface area contributed by atoms with Gasteiger partial charge >= 0.3 is 0 Å². The Hall–Kier alpha value is -1.19. The predicted molar refractivity (Wildman–Crippen MR) is 82.5 cm³/mol. The van der Waals surface area contributed by atoms with E-state index in [1.54, 1.807) is 6.92 Å². The summed E-state index contributed by atoms with van der Waals surface area (Å²) in [5.41, 5.74) is 1.30. The predicted octanol–water partition coefficient (Wildman–Crippen LogP) is 2.88. The number of carbonyl (C=O) groups excluding carboxylic acids is 1. The number of aliphatic hydroxyl groups is 1. The van der Waals surface area contributed by atoms with Crippen molar-refractivity contribution in [2.75, 3.05) is 19.7 Å². The molecule has 20 heavy (non-hydrogen) atoms. The number of ketones is 1. The molecule has 0 heterocycles. The van der Waals surface area contributed by atoms with Gasteiger partial charge in [0.05, 0.1) is 0 Å². The van der Waals surface area contributed by atoms with Crippen LogP contribution < -0.4 is 0 Å². The van der Waals surface area contributed by atoms with Gasteiger partial charge in [-0.15, -0.1) is 0 Å². The van der Waals surface area contributed by atoms with Crippen molar-refractivity contribution in [1.82, 2.24) is 4.90 Å². The summed E-state index contributed by atoms with van der Waals surface area (Å²) in [6, 6.07) is 10.4. The quantitative estimate of drug-likeness (QED) is 0.715. The molecule has 0 radical (unpaired) electrons. The van der Waals surface area contributed by atoms with Gasteiger partial charge in [-0.3, -0.25) is 4.90 Å². The van der Waals surface area contributed by atoms with Crippen molar-refractivity contribution in [3.05, 3.63) is 35.9 Å². The SMILES string of the molecule is CC(=O)CCC(C)CN(CCCO)Cc1ccccc1. The Balaban J connectivity index is 2.48. The number of nitrogens with zero attached hydrogens (tertiary/aromatic N) is 1. The third-order valence-corrected chi connectivity index (χ3v) is 3.44. The van der Waals surface area contributed by atoms with E-state index in [0.717, 1.165) is 32.5 Å². The Morgan fingerprint density at radius 2 is 2.00 bits per heavy atom. The highest BCUT2D eigenvalue weighted by molar-refractivity contribution is 5.75. The van der Waals surface area contributed by atoms with Crippen LogP contribution in [0.15, 0.2) is 30.3 Å². The van der Waals surface area contributed by atoms with Crippen molar-refractivity contribution in [1.29, 1.82) is 0 Å². The first-order chi connectivity index (χ1) is 9.61. The van der Waals surface area contributed by atoms with Gasteiger partial charge in [-0.05, 0) is 31.2 Å². The number of aliphatic hydroxyl groups excluding tert-OH is 1. The summed E-state index contributed by atoms with van der Waals surface area (Å²) < 4.78 is 0. The summed E-state index contributed by atoms with van der Waals surface area (Å²) in [5, 5.41) is 9.02. The van der Waals surface area contributed by atoms with E-state index >= 15 is 0 Å². The fraction of sp³-hybridized carbons (Fsp3) is 0.588. The second-order valence-electron chi connectivity index (χ2n) is 5.64. The van der Waals surface area contributed by atoms with E-state index in [1.165, 1.54) is 5.56 Å². The average Bonchev–Trinajstić information content (AvgIpc) is 2.43. The van der Waals surface area contributed by atoms with Crippen LogP contribution in [-0.4, -0.2) is 35.5 Å². The maximum atomic E-state index is 11.1. The molecule has 3 nitrogen and oxygen atoms in total. The van der Waals surface area contributed by atoms with Gasteiger partial charge in [-0.1, -0.05) is 37.3 Å². The van der Waals surface area contributed by atoms with Crippen molar-refractivity contribution in [3.63, 3.8) is 0 Å². The minimum atomic E-state index is 0.229. The topological polar surface area (TPSA) is 40.5 Å². The molecular formula is C17H27NO2. The van der Waals surface area contributed by atoms with Gasteiger partial charge in [0.1, 0.15) is 5.78 Å². The van der Waals surface area contributed by atoms with Gasteiger partial charge in [0.15, 0.2) is 0 Å². The lowest BCUT2D eigenvalue weighted by atomic mass is 10.0. The van der Waals surface area contributed by atoms with Crippen LogP contribution >= 0.6 is 0 Å². The van der Waals surface area contributed by atoms with E-state index in [9.17, 15) is 4.79 Å². The Morgan fingerprint density at radius 3 is 2.60 bits per heavy atom. The Morgan fingerprint density at radius 1 is 1.30 bits per heavy atom. The lowest BCUT2D eigenvalue weighted by molar-refractivity contribution is -0.117. The van der Waals surface area contributed by atoms with Crippen LogP contribution in [0.2, 0.25) is 0 Å². The van der Waals surface area contributed by atoms with E-state index in [1.807, 2.05) is 6.07 Å². The molecule has 0 spiro atoms. The Kier molecular flexibility index (Phi) is 8.16. The summed E-state index contributed by atoms with van der Waals surface area (Å²) in [4.78, 5) is 13.4. The fourth-order valence-corrected chi connectivity index (χ4v) is 2.35. The molecule has 0 saturated heterocycles. The van der Waals surface area contributed by atoms with E-state index in [0.29, 0.717) is 12.3 Å². The molecule has 0 saturated carbocycles. The normalized spacial score (nSPS) is 12.6. The van der Waals surface area contributed by atoms with Gasteiger partial charge in [-0.25, -0.2) is 0 Å². The van der Waals surface area contributed by atoms with Crippen LogP contribution in [0.1, 0.15) is 38.7 Å². The second-order valence-corrected chi connectivity index (χ2v) is 5.64. The number of hydrogen-bond donors (Lipinski definition) is 1. The molecule has 1 aromatic rings. The minimum Gasteiger partial charge on any atom is -0.396 e. The monoisotopic (exact) mass is 277 g/mol. The van der Waals surface area contributed by atoms with Crippen LogP contribution in [0.4, 0.5) is 0 Å². The maximum Gasteiger partial charge on any atom is 0.129 e. The van der Waals surface area contributed by atoms with Gasteiger partial charge in [0.2, 0.25) is 0 Å². The minimum absolute atomic E-state index is 0.229. The molecule has 112 valence electrons. The van der Waals surface area contributed by atoms with Crippen LogP contribution in [0.5, 0.6) is 0 Å². The van der Waals surface area contributed by atoms with E-state index in [-0.39, 0.29) is 12.4 Å². The van der Waals surface area contributed by atoms with Gasteiger partial charge in [-0.2, -0.15) is 0 Å². The van der Waals surface area contributed by atoms with Crippen LogP contribution in [-0.2, 0) is 11.3 Å². The largest absolute Gasteiger partial charge is 0.396 e. The van der Waals surface area contributed by atoms with Gasteiger partial charge in [0, 0.05) is 32.7 Å². The number of Topliss-reactive ketones (excluding diaryl/α,β-unsaturated/α-hetero) is 1. The molecule has 1 aromatic carbocycles. The molecule has 3 heteroatoms. The lowest BCUT2D eigenvalue weighted by Gasteiger charge is -2.25. The molecule has 1 N–H and O–H groups in total. The molecule has 1 rings (SSSR count). The van der Waals surface area contributed by atoms with Gasteiger partial charge in [0.25, 0.3) is 0 Å². The highest BCUT2D eigenvalue weighted by atomic mass is 16.3. The molecule has 0 aliphatic rings. The average molecular weight is 277 g/mol. The van der Waals surface area contributed by atoms with E-state index < -0.39 is 0 Å². The Bertz CT molecular complexity index is 378. The van der Waals surface area contributed by atoms with Crippen molar-refractivity contribution in [3.8, 4) is 0 Å². The standard InChI is InChI=1S/C17H27NO2/c1-15(9-10-16(2)20)13-18(11-6-12-19)14-17-7-4-3-5-8-17/h3-5,7-8,15,19H,6,9-14H2,1-2H3. The zero-order chi connectivity index (χ0) is 14.8. The van der Waals surface area contributed by atoms with E-state index in [4.69, 9.17) is 5.11 Å². The summed E-state index contributed by atoms with van der Waals surface area (Å²) in [7, 11) is 0.